The van der Waals surface area contributed by atoms with Crippen molar-refractivity contribution in [3.05, 3.63) is 11.6 Å². The van der Waals surface area contributed by atoms with Crippen molar-refractivity contribution >= 4 is 0 Å². The SMILES string of the molecule is CCCCC(=CC([NH3+])CCCC)CCCC.[Br-]. The molecule has 0 aromatic rings. The quantitative estimate of drug-likeness (QED) is 0.586. The van der Waals surface area contributed by atoms with Crippen molar-refractivity contribution in [3.8, 4) is 0 Å². The van der Waals surface area contributed by atoms with Crippen molar-refractivity contribution in [2.45, 2.75) is 84.6 Å². The second-order valence-electron chi connectivity index (χ2n) is 4.93. The summed E-state index contributed by atoms with van der Waals surface area (Å²) in [6, 6.07) is 0.545. The smallest absolute Gasteiger partial charge is 0.103 e. The predicted molar refractivity (Wildman–Crippen MR) is 73.3 cm³/mol. The van der Waals surface area contributed by atoms with Crippen LogP contribution in [0.5, 0.6) is 0 Å². The lowest BCUT2D eigenvalue weighted by molar-refractivity contribution is -0.404. The number of allylic oxidation sites excluding steroid dienone is 1. The summed E-state index contributed by atoms with van der Waals surface area (Å²) in [5.74, 6) is 0. The molecule has 0 aliphatic heterocycles. The summed E-state index contributed by atoms with van der Waals surface area (Å²) in [5, 5.41) is 0. The Morgan fingerprint density at radius 2 is 1.41 bits per heavy atom. The highest BCUT2D eigenvalue weighted by Crippen LogP contribution is 2.16. The number of quaternary nitrogens is 1. The van der Waals surface area contributed by atoms with E-state index in [0.717, 1.165) is 0 Å². The van der Waals surface area contributed by atoms with Gasteiger partial charge < -0.3 is 22.7 Å². The van der Waals surface area contributed by atoms with Gasteiger partial charge >= 0.3 is 0 Å². The van der Waals surface area contributed by atoms with Crippen LogP contribution in [0.25, 0.3) is 0 Å². The summed E-state index contributed by atoms with van der Waals surface area (Å²) in [6.45, 7) is 6.80. The van der Waals surface area contributed by atoms with Crippen LogP contribution in [0.2, 0.25) is 0 Å². The maximum absolute atomic E-state index is 4.26. The second kappa shape index (κ2) is 14.2. The molecule has 0 saturated carbocycles. The van der Waals surface area contributed by atoms with E-state index < -0.39 is 0 Å². The van der Waals surface area contributed by atoms with Gasteiger partial charge in [-0.2, -0.15) is 0 Å². The van der Waals surface area contributed by atoms with E-state index in [2.05, 4.69) is 32.6 Å². The van der Waals surface area contributed by atoms with Crippen LogP contribution in [0, 0.1) is 0 Å². The Bertz CT molecular complexity index is 168. The molecule has 0 bridgehead atoms. The molecule has 0 saturated heterocycles. The highest BCUT2D eigenvalue weighted by molar-refractivity contribution is 5.04. The van der Waals surface area contributed by atoms with Gasteiger partial charge in [-0.25, -0.2) is 0 Å². The van der Waals surface area contributed by atoms with Crippen LogP contribution in [0.4, 0.5) is 0 Å². The van der Waals surface area contributed by atoms with Gasteiger partial charge in [0.2, 0.25) is 0 Å². The van der Waals surface area contributed by atoms with Gasteiger partial charge in [-0.1, -0.05) is 45.6 Å². The highest BCUT2D eigenvalue weighted by atomic mass is 79.9. The monoisotopic (exact) mass is 305 g/mol. The first-order valence-electron chi connectivity index (χ1n) is 7.27. The largest absolute Gasteiger partial charge is 1.00 e. The molecule has 1 nitrogen and oxygen atoms in total. The topological polar surface area (TPSA) is 27.6 Å². The average molecular weight is 306 g/mol. The van der Waals surface area contributed by atoms with Gasteiger partial charge in [0.05, 0.1) is 0 Å². The van der Waals surface area contributed by atoms with E-state index in [4.69, 9.17) is 0 Å². The van der Waals surface area contributed by atoms with E-state index in [-0.39, 0.29) is 17.0 Å². The van der Waals surface area contributed by atoms with Gasteiger partial charge in [0.15, 0.2) is 0 Å². The Kier molecular flexibility index (Phi) is 16.4. The van der Waals surface area contributed by atoms with Crippen LogP contribution in [0.3, 0.4) is 0 Å². The van der Waals surface area contributed by atoms with Crippen LogP contribution in [-0.4, -0.2) is 6.04 Å². The average Bonchev–Trinajstić information content (AvgIpc) is 2.30. The molecule has 0 heterocycles. The molecule has 0 rings (SSSR count). The zero-order valence-electron chi connectivity index (χ0n) is 12.1. The van der Waals surface area contributed by atoms with Crippen LogP contribution >= 0.6 is 0 Å². The fourth-order valence-electron chi connectivity index (χ4n) is 1.98. The normalized spacial score (nSPS) is 11.8. The van der Waals surface area contributed by atoms with Crippen molar-refractivity contribution < 1.29 is 22.7 Å². The standard InChI is InChI=1S/C15H31N.BrH/c1-4-7-10-14(11-8-5-2)13-15(16)12-9-6-3;/h13,15H,4-12,16H2,1-3H3;1H. The van der Waals surface area contributed by atoms with Crippen LogP contribution in [0.1, 0.15) is 78.6 Å². The van der Waals surface area contributed by atoms with Gasteiger partial charge in [0.25, 0.3) is 0 Å². The minimum atomic E-state index is 0. The van der Waals surface area contributed by atoms with Gasteiger partial charge in [0.1, 0.15) is 6.04 Å². The first-order valence-corrected chi connectivity index (χ1v) is 7.27. The Labute approximate surface area is 119 Å². The summed E-state index contributed by atoms with van der Waals surface area (Å²) in [7, 11) is 0. The molecule has 0 aromatic heterocycles. The van der Waals surface area contributed by atoms with Gasteiger partial charge in [-0.05, 0) is 38.2 Å². The maximum atomic E-state index is 4.26. The van der Waals surface area contributed by atoms with E-state index >= 15 is 0 Å². The number of rotatable bonds is 10. The zero-order valence-corrected chi connectivity index (χ0v) is 13.7. The number of halogens is 1. The molecule has 0 fully saturated rings. The number of hydrogen-bond donors (Lipinski definition) is 1. The third-order valence-corrected chi connectivity index (χ3v) is 3.10. The minimum Gasteiger partial charge on any atom is -1.00 e. The van der Waals surface area contributed by atoms with Crippen molar-refractivity contribution in [2.24, 2.45) is 0 Å². The van der Waals surface area contributed by atoms with Crippen molar-refractivity contribution in [1.29, 1.82) is 0 Å². The maximum Gasteiger partial charge on any atom is 0.103 e. The highest BCUT2D eigenvalue weighted by Gasteiger charge is 2.04. The van der Waals surface area contributed by atoms with Gasteiger partial charge in [-0.3, -0.25) is 0 Å². The molecule has 0 spiro atoms. The Morgan fingerprint density at radius 3 is 1.82 bits per heavy atom. The molecule has 0 aliphatic carbocycles. The molecule has 0 radical (unpaired) electrons. The lowest BCUT2D eigenvalue weighted by Gasteiger charge is -2.09. The van der Waals surface area contributed by atoms with Crippen LogP contribution in [-0.2, 0) is 0 Å². The molecule has 0 aliphatic rings. The number of unbranched alkanes of at least 4 members (excludes halogenated alkanes) is 3. The van der Waals surface area contributed by atoms with E-state index in [1.165, 1.54) is 57.8 Å². The van der Waals surface area contributed by atoms with E-state index in [1.807, 2.05) is 0 Å². The molecule has 3 N–H and O–H groups in total. The fourth-order valence-corrected chi connectivity index (χ4v) is 1.98. The molecule has 1 atom stereocenters. The van der Waals surface area contributed by atoms with Crippen LogP contribution in [0.15, 0.2) is 11.6 Å². The molecule has 104 valence electrons. The van der Waals surface area contributed by atoms with Crippen molar-refractivity contribution in [1.82, 2.24) is 0 Å². The summed E-state index contributed by atoms with van der Waals surface area (Å²) < 4.78 is 0. The Hall–Kier alpha value is 0.180. The fraction of sp³-hybridized carbons (Fsp3) is 0.867. The lowest BCUT2D eigenvalue weighted by atomic mass is 9.99. The summed E-state index contributed by atoms with van der Waals surface area (Å²) in [6.07, 6.45) is 14.2. The lowest BCUT2D eigenvalue weighted by Crippen LogP contribution is -3.00. The van der Waals surface area contributed by atoms with Gasteiger partial charge in [-0.15, -0.1) is 0 Å². The van der Waals surface area contributed by atoms with Gasteiger partial charge in [0, 0.05) is 6.42 Å². The molecule has 17 heavy (non-hydrogen) atoms. The first-order chi connectivity index (χ1) is 7.74. The molecular formula is C15H32BrN. The third-order valence-electron chi connectivity index (χ3n) is 3.10. The number of hydrogen-bond acceptors (Lipinski definition) is 0. The molecular weight excluding hydrogens is 274 g/mol. The second-order valence-corrected chi connectivity index (χ2v) is 4.93. The molecule has 1 unspecified atom stereocenters. The molecule has 2 heteroatoms. The Balaban J connectivity index is 0. The van der Waals surface area contributed by atoms with E-state index in [9.17, 15) is 0 Å². The summed E-state index contributed by atoms with van der Waals surface area (Å²) >= 11 is 0. The van der Waals surface area contributed by atoms with Crippen molar-refractivity contribution in [3.63, 3.8) is 0 Å². The zero-order chi connectivity index (χ0) is 12.2. The summed E-state index contributed by atoms with van der Waals surface area (Å²) in [4.78, 5) is 0. The van der Waals surface area contributed by atoms with Crippen molar-refractivity contribution in [2.75, 3.05) is 0 Å². The van der Waals surface area contributed by atoms with E-state index in [0.29, 0.717) is 6.04 Å². The Morgan fingerprint density at radius 1 is 0.941 bits per heavy atom. The minimum absolute atomic E-state index is 0. The van der Waals surface area contributed by atoms with E-state index in [1.54, 1.807) is 5.57 Å². The summed E-state index contributed by atoms with van der Waals surface area (Å²) in [5.41, 5.74) is 5.92. The third kappa shape index (κ3) is 12.4. The van der Waals surface area contributed by atoms with Crippen LogP contribution < -0.4 is 22.7 Å². The predicted octanol–water partition coefficient (Wildman–Crippen LogP) is 1.10. The molecule has 0 amide bonds. The molecule has 0 aromatic carbocycles. The first kappa shape index (κ1) is 19.5.